The average molecular weight is 529 g/mol. The first-order chi connectivity index (χ1) is 17.3. The van der Waals surface area contributed by atoms with Gasteiger partial charge in [0.1, 0.15) is 34.4 Å². The molecule has 2 aromatic rings. The average Bonchev–Trinajstić information content (AvgIpc) is 3.13. The van der Waals surface area contributed by atoms with E-state index < -0.39 is 36.3 Å². The number of carbonyl (C=O) groups excluding carboxylic acids is 1. The first-order valence-corrected chi connectivity index (χ1v) is 10.7. The predicted octanol–water partition coefficient (Wildman–Crippen LogP) is 1.55. The molecule has 200 valence electrons. The molecule has 17 heteroatoms. The fraction of sp³-hybridized carbons (Fsp3) is 0.400. The third-order valence-electron chi connectivity index (χ3n) is 5.91. The summed E-state index contributed by atoms with van der Waals surface area (Å²) in [6, 6.07) is 0. The summed E-state index contributed by atoms with van der Waals surface area (Å²) in [7, 11) is 1.40. The number of alkyl halides is 5. The molecule has 10 N–H and O–H groups in total. The maximum Gasteiger partial charge on any atom is 0.453 e. The second-order valence-corrected chi connectivity index (χ2v) is 7.98. The summed E-state index contributed by atoms with van der Waals surface area (Å²) < 4.78 is 64.8. The van der Waals surface area contributed by atoms with Crippen LogP contribution in [0.2, 0.25) is 0 Å². The number of nitrogen functional groups attached to an aromatic ring is 1. The highest BCUT2D eigenvalue weighted by Crippen LogP contribution is 2.46. The molecular weight excluding hydrogens is 505 g/mol. The Labute approximate surface area is 206 Å². The molecule has 3 rings (SSSR count). The van der Waals surface area contributed by atoms with Crippen molar-refractivity contribution < 1.29 is 26.7 Å². The van der Waals surface area contributed by atoms with Gasteiger partial charge in [0.05, 0.1) is 11.1 Å². The number of hydrogen-bond acceptors (Lipinski definition) is 11. The van der Waals surface area contributed by atoms with Crippen LogP contribution in [0.5, 0.6) is 0 Å². The molecular formula is C20H24F5N11O. The lowest BCUT2D eigenvalue weighted by Crippen LogP contribution is -2.41. The highest BCUT2D eigenvalue weighted by Gasteiger charge is 2.56. The van der Waals surface area contributed by atoms with Gasteiger partial charge in [0.2, 0.25) is 5.91 Å². The number of aryl methyl sites for hydroxylation is 1. The number of hydrogen-bond donors (Lipinski definition) is 7. The molecule has 0 spiro atoms. The van der Waals surface area contributed by atoms with Crippen molar-refractivity contribution in [2.24, 2.45) is 11.6 Å². The number of fused-ring (bicyclic) bond motifs is 1. The summed E-state index contributed by atoms with van der Waals surface area (Å²) in [5.74, 6) is -1.08. The molecule has 3 heterocycles. The lowest BCUT2D eigenvalue weighted by Gasteiger charge is -2.26. The van der Waals surface area contributed by atoms with E-state index in [9.17, 15) is 26.7 Å². The number of hydrazine groups is 1. The number of rotatable bonds is 9. The molecule has 0 aliphatic carbocycles. The van der Waals surface area contributed by atoms with Gasteiger partial charge in [0.15, 0.2) is 5.82 Å². The summed E-state index contributed by atoms with van der Waals surface area (Å²) in [6.07, 6.45) is -6.00. The Morgan fingerprint density at radius 2 is 1.86 bits per heavy atom. The summed E-state index contributed by atoms with van der Waals surface area (Å²) in [6.45, 7) is 1.68. The van der Waals surface area contributed by atoms with Gasteiger partial charge >= 0.3 is 12.1 Å². The van der Waals surface area contributed by atoms with E-state index in [1.54, 1.807) is 6.92 Å². The highest BCUT2D eigenvalue weighted by atomic mass is 19.4. The van der Waals surface area contributed by atoms with Crippen LogP contribution in [0.4, 0.5) is 39.4 Å². The first kappa shape index (κ1) is 27.4. The number of amides is 1. The number of aromatic nitrogens is 4. The monoisotopic (exact) mass is 529 g/mol. The van der Waals surface area contributed by atoms with Crippen molar-refractivity contribution in [1.29, 1.82) is 5.41 Å². The third-order valence-corrected chi connectivity index (χ3v) is 5.91. The molecule has 0 bridgehead atoms. The Bertz CT molecular complexity index is 1260. The number of nitrogens with two attached hydrogens (primary N) is 3. The maximum atomic E-state index is 13.5. The van der Waals surface area contributed by atoms with E-state index in [4.69, 9.17) is 22.7 Å². The van der Waals surface area contributed by atoms with Crippen molar-refractivity contribution in [3.05, 3.63) is 28.8 Å². The number of anilines is 3. The molecule has 0 saturated heterocycles. The highest BCUT2D eigenvalue weighted by molar-refractivity contribution is 6.09. The van der Waals surface area contributed by atoms with Crippen LogP contribution in [0.3, 0.4) is 0 Å². The topological polar surface area (TPSA) is 207 Å². The van der Waals surface area contributed by atoms with Crippen molar-refractivity contribution in [1.82, 2.24) is 25.4 Å². The second kappa shape index (κ2) is 9.72. The van der Waals surface area contributed by atoms with Gasteiger partial charge in [0, 0.05) is 38.0 Å². The van der Waals surface area contributed by atoms with Crippen LogP contribution < -0.4 is 33.4 Å². The Balaban J connectivity index is 2.16. The summed E-state index contributed by atoms with van der Waals surface area (Å²) >= 11 is 0. The van der Waals surface area contributed by atoms with Gasteiger partial charge in [0.25, 0.3) is 0 Å². The first-order valence-electron chi connectivity index (χ1n) is 10.7. The van der Waals surface area contributed by atoms with Crippen molar-refractivity contribution in [2.45, 2.75) is 43.7 Å². The summed E-state index contributed by atoms with van der Waals surface area (Å²) in [5, 5.41) is 13.0. The maximum absolute atomic E-state index is 13.5. The van der Waals surface area contributed by atoms with E-state index in [2.05, 4.69) is 36.0 Å². The molecule has 0 saturated carbocycles. The smallest absolute Gasteiger partial charge is 0.400 e. The van der Waals surface area contributed by atoms with E-state index in [1.165, 1.54) is 13.2 Å². The summed E-state index contributed by atoms with van der Waals surface area (Å²) in [4.78, 5) is 29.5. The lowest BCUT2D eigenvalue weighted by molar-refractivity contribution is -0.284. The second-order valence-electron chi connectivity index (χ2n) is 7.98. The summed E-state index contributed by atoms with van der Waals surface area (Å²) in [5.41, 5.74) is 13.1. The molecule has 1 amide bonds. The molecule has 12 nitrogen and oxygen atoms in total. The zero-order valence-corrected chi connectivity index (χ0v) is 19.6. The number of carbonyl (C=O) groups is 1. The molecule has 0 aromatic carbocycles. The largest absolute Gasteiger partial charge is 0.453 e. The quantitative estimate of drug-likeness (QED) is 0.108. The van der Waals surface area contributed by atoms with Crippen LogP contribution in [0.15, 0.2) is 11.9 Å². The van der Waals surface area contributed by atoms with Crippen LogP contribution in [0, 0.1) is 5.41 Å². The fourth-order valence-electron chi connectivity index (χ4n) is 3.99. The molecule has 2 aromatic heterocycles. The standard InChI is InChI=1S/C20H24F5N11O/c1-3-18(9(27)7-31-29)11-13(28)34-16(35-15(11)36-17(18)37)12-8(6-26)14(30-2)33-10(32-12)4-5-19(21,22)20(23,24)25/h6-7,26,31H,3-5,27,29H2,1-2H3,(H,30,32,33)(H3,28,34,35,36,37)/b9-7-,26-6?. The van der Waals surface area contributed by atoms with Gasteiger partial charge in [-0.1, -0.05) is 6.92 Å². The minimum absolute atomic E-state index is 0.00556. The van der Waals surface area contributed by atoms with E-state index in [1.807, 2.05) is 0 Å². The van der Waals surface area contributed by atoms with Gasteiger partial charge in [-0.3, -0.25) is 10.6 Å². The molecule has 0 radical (unpaired) electrons. The van der Waals surface area contributed by atoms with Crippen LogP contribution in [0.1, 0.15) is 36.7 Å². The Morgan fingerprint density at radius 3 is 2.41 bits per heavy atom. The van der Waals surface area contributed by atoms with Gasteiger partial charge in [-0.05, 0) is 6.42 Å². The zero-order chi connectivity index (χ0) is 27.8. The van der Waals surface area contributed by atoms with Crippen molar-refractivity contribution in [3.63, 3.8) is 0 Å². The number of nitrogens with zero attached hydrogens (tertiary/aromatic N) is 4. The van der Waals surface area contributed by atoms with Crippen molar-refractivity contribution >= 4 is 29.6 Å². The minimum Gasteiger partial charge on any atom is -0.400 e. The minimum atomic E-state index is -5.74. The van der Waals surface area contributed by atoms with Crippen LogP contribution in [-0.2, 0) is 16.6 Å². The third kappa shape index (κ3) is 4.56. The lowest BCUT2D eigenvalue weighted by atomic mass is 9.77. The Morgan fingerprint density at radius 1 is 1.19 bits per heavy atom. The van der Waals surface area contributed by atoms with Crippen LogP contribution in [0.25, 0.3) is 11.5 Å². The number of nitrogens with one attached hydrogen (secondary N) is 4. The molecule has 1 aliphatic rings. The van der Waals surface area contributed by atoms with Gasteiger partial charge in [-0.2, -0.15) is 22.0 Å². The molecule has 1 atom stereocenters. The van der Waals surface area contributed by atoms with E-state index in [0.29, 0.717) is 0 Å². The normalized spacial score (nSPS) is 17.8. The van der Waals surface area contributed by atoms with Gasteiger partial charge in [-0.25, -0.2) is 19.9 Å². The molecule has 1 aliphatic heterocycles. The predicted molar refractivity (Wildman–Crippen MR) is 124 cm³/mol. The van der Waals surface area contributed by atoms with Crippen LogP contribution >= 0.6 is 0 Å². The number of halogens is 5. The zero-order valence-electron chi connectivity index (χ0n) is 19.6. The van der Waals surface area contributed by atoms with Crippen LogP contribution in [-0.4, -0.2) is 51.2 Å². The molecule has 1 unspecified atom stereocenters. The SMILES string of the molecule is CCC1(/C(N)=C/NN)C(=O)Nc2nc(-c3nc(CCC(F)(F)C(F)(F)F)nc(NC)c3C=N)nc(N)c21. The van der Waals surface area contributed by atoms with Gasteiger partial charge < -0.3 is 32.9 Å². The van der Waals surface area contributed by atoms with E-state index in [0.717, 1.165) is 6.21 Å². The van der Waals surface area contributed by atoms with E-state index >= 15 is 0 Å². The van der Waals surface area contributed by atoms with E-state index in [-0.39, 0.29) is 58.0 Å². The fourth-order valence-corrected chi connectivity index (χ4v) is 3.99. The Hall–Kier alpha value is -4.15. The molecule has 37 heavy (non-hydrogen) atoms. The van der Waals surface area contributed by atoms with Crippen molar-refractivity contribution in [2.75, 3.05) is 23.4 Å². The van der Waals surface area contributed by atoms with Gasteiger partial charge in [-0.15, -0.1) is 0 Å². The Kier molecular flexibility index (Phi) is 7.21. The molecule has 0 fully saturated rings. The van der Waals surface area contributed by atoms with Crippen molar-refractivity contribution in [3.8, 4) is 11.5 Å².